The van der Waals surface area contributed by atoms with Crippen LogP contribution in [0.4, 0.5) is 0 Å². The van der Waals surface area contributed by atoms with Crippen LogP contribution in [-0.2, 0) is 18.4 Å². The van der Waals surface area contributed by atoms with E-state index in [1.807, 2.05) is 0 Å². The lowest BCUT2D eigenvalue weighted by Crippen LogP contribution is -2.46. The minimum atomic E-state index is -4.31. The molecule has 0 saturated carbocycles. The minimum Gasteiger partial charge on any atom is -0.391 e. The van der Waals surface area contributed by atoms with E-state index in [4.69, 9.17) is 14.8 Å². The van der Waals surface area contributed by atoms with Gasteiger partial charge in [-0.15, -0.1) is 0 Å². The van der Waals surface area contributed by atoms with E-state index < -0.39 is 20.0 Å². The Morgan fingerprint density at radius 3 is 1.19 bits per heavy atom. The molecule has 0 bridgehead atoms. The highest BCUT2D eigenvalue weighted by Crippen LogP contribution is 2.43. The molecule has 1 amide bonds. The molecule has 0 aliphatic heterocycles. The maximum Gasteiger partial charge on any atom is 0.472 e. The van der Waals surface area contributed by atoms with E-state index in [1.165, 1.54) is 186 Å². The van der Waals surface area contributed by atoms with E-state index in [0.717, 1.165) is 38.5 Å². The molecule has 0 heterocycles. The van der Waals surface area contributed by atoms with Crippen molar-refractivity contribution < 1.29 is 28.4 Å². The molecule has 0 rings (SSSR count). The number of carbonyl (C=O) groups excluding carboxylic acids is 1. The van der Waals surface area contributed by atoms with Crippen LogP contribution in [0.25, 0.3) is 0 Å². The fraction of sp³-hybridized carbons (Fsp3) is 0.978. The van der Waals surface area contributed by atoms with Gasteiger partial charge >= 0.3 is 7.82 Å². The van der Waals surface area contributed by atoms with E-state index in [0.29, 0.717) is 12.8 Å². The number of rotatable bonds is 45. The van der Waals surface area contributed by atoms with Crippen LogP contribution in [0.3, 0.4) is 0 Å². The average Bonchev–Trinajstić information content (AvgIpc) is 3.16. The van der Waals surface area contributed by atoms with E-state index in [-0.39, 0.29) is 25.7 Å². The first-order chi connectivity index (χ1) is 26.4. The lowest BCUT2D eigenvalue weighted by Gasteiger charge is -2.25. The van der Waals surface area contributed by atoms with Gasteiger partial charge in [-0.05, 0) is 12.8 Å². The van der Waals surface area contributed by atoms with Gasteiger partial charge in [0, 0.05) is 13.0 Å². The molecule has 0 aliphatic rings. The van der Waals surface area contributed by atoms with Gasteiger partial charge in [0.25, 0.3) is 0 Å². The van der Waals surface area contributed by atoms with Crippen LogP contribution in [0, 0.1) is 0 Å². The van der Waals surface area contributed by atoms with Gasteiger partial charge in [0.2, 0.25) is 5.91 Å². The highest BCUT2D eigenvalue weighted by Gasteiger charge is 2.27. The predicted molar refractivity (Wildman–Crippen MR) is 231 cm³/mol. The number of amides is 1. The van der Waals surface area contributed by atoms with Crippen molar-refractivity contribution in [3.8, 4) is 0 Å². The van der Waals surface area contributed by atoms with Gasteiger partial charge in [0.1, 0.15) is 0 Å². The van der Waals surface area contributed by atoms with Crippen molar-refractivity contribution in [2.45, 2.75) is 264 Å². The number of phosphoric ester groups is 1. The largest absolute Gasteiger partial charge is 0.472 e. The minimum absolute atomic E-state index is 0.0926. The van der Waals surface area contributed by atoms with Crippen LogP contribution in [0.15, 0.2) is 0 Å². The summed E-state index contributed by atoms with van der Waals surface area (Å²) < 4.78 is 22.2. The molecule has 0 aliphatic carbocycles. The Hall–Kier alpha value is -0.500. The molecule has 324 valence electrons. The molecule has 0 aromatic rings. The van der Waals surface area contributed by atoms with Crippen LogP contribution >= 0.6 is 7.82 Å². The van der Waals surface area contributed by atoms with Gasteiger partial charge < -0.3 is 21.1 Å². The first kappa shape index (κ1) is 53.5. The second kappa shape index (κ2) is 42.1. The molecule has 3 atom stereocenters. The molecule has 0 radical (unpaired) electrons. The number of nitrogens with two attached hydrogens (primary N) is 1. The summed E-state index contributed by atoms with van der Waals surface area (Å²) in [5, 5.41) is 13.8. The standard InChI is InChI=1S/C45H93N2O6P/c1-3-5-7-9-11-13-15-17-19-20-21-22-23-24-25-27-29-31-33-35-37-39-45(49)47-43(42-53-54(50,51)52-41-40-46)44(48)38-36-34-32-30-28-26-18-16-14-12-10-8-6-4-2/h43-44,48H,3-42,46H2,1-2H3,(H,47,49)(H,50,51)/t43-,44+/m0/s1. The molecular formula is C45H93N2O6P. The first-order valence-corrected chi connectivity index (χ1v) is 25.1. The predicted octanol–water partition coefficient (Wildman–Crippen LogP) is 13.4. The van der Waals surface area contributed by atoms with Crippen molar-refractivity contribution in [1.82, 2.24) is 5.32 Å². The van der Waals surface area contributed by atoms with Gasteiger partial charge in [-0.1, -0.05) is 232 Å². The van der Waals surface area contributed by atoms with E-state index in [2.05, 4.69) is 19.2 Å². The zero-order valence-electron chi connectivity index (χ0n) is 36.0. The van der Waals surface area contributed by atoms with Crippen LogP contribution in [-0.4, -0.2) is 47.8 Å². The molecule has 5 N–H and O–H groups in total. The summed E-state index contributed by atoms with van der Waals surface area (Å²) in [7, 11) is -4.31. The third-order valence-electron chi connectivity index (χ3n) is 11.0. The van der Waals surface area contributed by atoms with Crippen molar-refractivity contribution >= 4 is 13.7 Å². The number of carbonyl (C=O) groups is 1. The van der Waals surface area contributed by atoms with Crippen molar-refractivity contribution in [3.63, 3.8) is 0 Å². The number of hydrogen-bond donors (Lipinski definition) is 4. The topological polar surface area (TPSA) is 131 Å². The van der Waals surface area contributed by atoms with Gasteiger partial charge in [0.15, 0.2) is 0 Å². The second-order valence-electron chi connectivity index (χ2n) is 16.3. The Labute approximate surface area is 335 Å². The van der Waals surface area contributed by atoms with E-state index in [9.17, 15) is 19.4 Å². The SMILES string of the molecule is CCCCCCCCCCCCCCCCCCCCCCCC(=O)N[C@@H](COP(=O)(O)OCCN)[C@H](O)CCCCCCCCCCCCCCCC. The summed E-state index contributed by atoms with van der Waals surface area (Å²) in [6.07, 6.45) is 45.4. The summed E-state index contributed by atoms with van der Waals surface area (Å²) in [6.45, 7) is 4.24. The average molecular weight is 789 g/mol. The Morgan fingerprint density at radius 2 is 0.852 bits per heavy atom. The Balaban J connectivity index is 4.02. The van der Waals surface area contributed by atoms with Crippen LogP contribution < -0.4 is 11.1 Å². The fourth-order valence-corrected chi connectivity index (χ4v) is 8.13. The smallest absolute Gasteiger partial charge is 0.391 e. The molecule has 9 heteroatoms. The number of aliphatic hydroxyl groups is 1. The Morgan fingerprint density at radius 1 is 0.537 bits per heavy atom. The number of nitrogens with one attached hydrogen (secondary N) is 1. The third kappa shape index (κ3) is 39.7. The Kier molecular flexibility index (Phi) is 41.7. The fourth-order valence-electron chi connectivity index (χ4n) is 7.37. The highest BCUT2D eigenvalue weighted by molar-refractivity contribution is 7.47. The molecule has 8 nitrogen and oxygen atoms in total. The van der Waals surface area contributed by atoms with Crippen molar-refractivity contribution in [3.05, 3.63) is 0 Å². The third-order valence-corrected chi connectivity index (χ3v) is 11.9. The zero-order valence-corrected chi connectivity index (χ0v) is 36.9. The van der Waals surface area contributed by atoms with E-state index in [1.54, 1.807) is 0 Å². The lowest BCUT2D eigenvalue weighted by molar-refractivity contribution is -0.123. The van der Waals surface area contributed by atoms with Gasteiger partial charge in [0.05, 0.1) is 25.4 Å². The highest BCUT2D eigenvalue weighted by atomic mass is 31.2. The molecule has 1 unspecified atom stereocenters. The number of hydrogen-bond acceptors (Lipinski definition) is 6. The summed E-state index contributed by atoms with van der Waals surface area (Å²) in [6, 6.07) is -0.767. The van der Waals surface area contributed by atoms with Crippen LogP contribution in [0.2, 0.25) is 0 Å². The summed E-state index contributed by atoms with van der Waals surface area (Å²) in [5.41, 5.74) is 5.39. The maximum atomic E-state index is 12.8. The molecule has 0 spiro atoms. The Bertz CT molecular complexity index is 819. The van der Waals surface area contributed by atoms with Crippen molar-refractivity contribution in [1.29, 1.82) is 0 Å². The monoisotopic (exact) mass is 789 g/mol. The van der Waals surface area contributed by atoms with E-state index >= 15 is 0 Å². The molecule has 0 aromatic heterocycles. The first-order valence-electron chi connectivity index (χ1n) is 23.7. The van der Waals surface area contributed by atoms with Crippen LogP contribution in [0.5, 0.6) is 0 Å². The zero-order chi connectivity index (χ0) is 39.6. The summed E-state index contributed by atoms with van der Waals surface area (Å²) in [5.74, 6) is -0.155. The molecule has 0 saturated heterocycles. The molecular weight excluding hydrogens is 695 g/mol. The maximum absolute atomic E-state index is 12.8. The lowest BCUT2D eigenvalue weighted by atomic mass is 10.0. The molecule has 54 heavy (non-hydrogen) atoms. The van der Waals surface area contributed by atoms with Crippen molar-refractivity contribution in [2.75, 3.05) is 19.8 Å². The normalized spacial score (nSPS) is 13.9. The quantitative estimate of drug-likeness (QED) is 0.0357. The number of aliphatic hydroxyl groups excluding tert-OH is 1. The number of unbranched alkanes of at least 4 members (excludes halogenated alkanes) is 33. The van der Waals surface area contributed by atoms with Crippen molar-refractivity contribution in [2.24, 2.45) is 5.73 Å². The van der Waals surface area contributed by atoms with Crippen LogP contribution in [0.1, 0.15) is 251 Å². The van der Waals surface area contributed by atoms with Gasteiger partial charge in [-0.25, -0.2) is 4.57 Å². The molecule has 0 fully saturated rings. The molecule has 0 aromatic carbocycles. The summed E-state index contributed by atoms with van der Waals surface area (Å²) >= 11 is 0. The summed E-state index contributed by atoms with van der Waals surface area (Å²) in [4.78, 5) is 22.8. The second-order valence-corrected chi connectivity index (χ2v) is 17.8. The van der Waals surface area contributed by atoms with Gasteiger partial charge in [-0.3, -0.25) is 13.8 Å². The number of phosphoric acid groups is 1. The van der Waals surface area contributed by atoms with Gasteiger partial charge in [-0.2, -0.15) is 0 Å².